The van der Waals surface area contributed by atoms with Gasteiger partial charge in [-0.2, -0.15) is 0 Å². The Balaban J connectivity index is 1.94. The fraction of sp³-hybridized carbons (Fsp3) is 0.600. The number of nitrogens with zero attached hydrogens (tertiary/aromatic N) is 2. The number of hydrogen-bond acceptors (Lipinski definition) is 3. The van der Waals surface area contributed by atoms with Crippen LogP contribution in [0.4, 0.5) is 5.69 Å². The Hall–Kier alpha value is -0.740. The summed E-state index contributed by atoms with van der Waals surface area (Å²) in [6.07, 6.45) is 0. The van der Waals surface area contributed by atoms with Crippen LogP contribution >= 0.6 is 15.9 Å². The number of phenols is 1. The Labute approximate surface area is 124 Å². The molecule has 0 amide bonds. The van der Waals surface area contributed by atoms with Crippen LogP contribution in [0.1, 0.15) is 20.8 Å². The minimum absolute atomic E-state index is 0.301. The zero-order valence-electron chi connectivity index (χ0n) is 12.0. The number of aromatic hydroxyl groups is 1. The quantitative estimate of drug-likeness (QED) is 0.903. The van der Waals surface area contributed by atoms with Gasteiger partial charge >= 0.3 is 0 Å². The fourth-order valence-electron chi connectivity index (χ4n) is 2.53. The number of rotatable bonds is 2. The van der Waals surface area contributed by atoms with E-state index in [4.69, 9.17) is 0 Å². The van der Waals surface area contributed by atoms with Crippen LogP contribution in [0.5, 0.6) is 5.75 Å². The van der Waals surface area contributed by atoms with Gasteiger partial charge in [-0.15, -0.1) is 0 Å². The molecule has 1 aliphatic rings. The highest BCUT2D eigenvalue weighted by Crippen LogP contribution is 2.29. The first-order valence-electron chi connectivity index (χ1n) is 6.81. The summed E-state index contributed by atoms with van der Waals surface area (Å²) in [5.74, 6) is 0.301. The summed E-state index contributed by atoms with van der Waals surface area (Å²) in [6, 6.07) is 5.73. The normalized spacial score (nSPS) is 17.8. The standard InChI is InChI=1S/C15H23BrN2O/c1-15(2,3)11-17-6-8-18(9-7-17)12-4-5-14(19)13(16)10-12/h4-5,10,19H,6-9,11H2,1-3H3. The van der Waals surface area contributed by atoms with Crippen LogP contribution in [0.25, 0.3) is 0 Å². The van der Waals surface area contributed by atoms with Crippen molar-refractivity contribution in [1.82, 2.24) is 4.90 Å². The molecular formula is C15H23BrN2O. The molecule has 106 valence electrons. The summed E-state index contributed by atoms with van der Waals surface area (Å²) in [4.78, 5) is 4.91. The largest absolute Gasteiger partial charge is 0.507 e. The van der Waals surface area contributed by atoms with Crippen LogP contribution in [0.3, 0.4) is 0 Å². The molecule has 0 aromatic heterocycles. The van der Waals surface area contributed by atoms with Crippen LogP contribution < -0.4 is 4.90 Å². The minimum Gasteiger partial charge on any atom is -0.507 e. The van der Waals surface area contributed by atoms with E-state index in [0.717, 1.165) is 37.2 Å². The van der Waals surface area contributed by atoms with Gasteiger partial charge in [0, 0.05) is 38.4 Å². The third-order valence-electron chi connectivity index (χ3n) is 3.37. The molecule has 0 unspecified atom stereocenters. The number of halogens is 1. The molecule has 0 bridgehead atoms. The minimum atomic E-state index is 0.301. The SMILES string of the molecule is CC(C)(C)CN1CCN(c2ccc(O)c(Br)c2)CC1. The van der Waals surface area contributed by atoms with Gasteiger partial charge in [-0.1, -0.05) is 20.8 Å². The van der Waals surface area contributed by atoms with E-state index < -0.39 is 0 Å². The first-order chi connectivity index (χ1) is 8.85. The van der Waals surface area contributed by atoms with Gasteiger partial charge in [-0.25, -0.2) is 0 Å². The Morgan fingerprint density at radius 2 is 1.79 bits per heavy atom. The number of piperazine rings is 1. The number of anilines is 1. The highest BCUT2D eigenvalue weighted by Gasteiger charge is 2.21. The van der Waals surface area contributed by atoms with Crippen LogP contribution in [-0.4, -0.2) is 42.7 Å². The Morgan fingerprint density at radius 1 is 1.16 bits per heavy atom. The molecule has 3 nitrogen and oxygen atoms in total. The first kappa shape index (κ1) is 14.7. The highest BCUT2D eigenvalue weighted by atomic mass is 79.9. The second-order valence-electron chi connectivity index (χ2n) is 6.46. The maximum absolute atomic E-state index is 9.54. The van der Waals surface area contributed by atoms with Gasteiger partial charge in [0.1, 0.15) is 5.75 Å². The van der Waals surface area contributed by atoms with Crippen molar-refractivity contribution in [3.63, 3.8) is 0 Å². The molecule has 1 fully saturated rings. The molecule has 0 saturated carbocycles. The van der Waals surface area contributed by atoms with Crippen molar-refractivity contribution in [2.45, 2.75) is 20.8 Å². The van der Waals surface area contributed by atoms with E-state index in [-0.39, 0.29) is 0 Å². The van der Waals surface area contributed by atoms with Gasteiger partial charge in [-0.05, 0) is 39.5 Å². The van der Waals surface area contributed by atoms with Crippen molar-refractivity contribution in [3.8, 4) is 5.75 Å². The van der Waals surface area contributed by atoms with Crippen molar-refractivity contribution < 1.29 is 5.11 Å². The first-order valence-corrected chi connectivity index (χ1v) is 7.60. The average molecular weight is 327 g/mol. The number of hydrogen-bond donors (Lipinski definition) is 1. The number of benzene rings is 1. The van der Waals surface area contributed by atoms with E-state index in [9.17, 15) is 5.11 Å². The predicted octanol–water partition coefficient (Wildman–Crippen LogP) is 3.32. The predicted molar refractivity (Wildman–Crippen MR) is 83.9 cm³/mol. The van der Waals surface area contributed by atoms with Crippen molar-refractivity contribution in [2.75, 3.05) is 37.6 Å². The second-order valence-corrected chi connectivity index (χ2v) is 7.31. The van der Waals surface area contributed by atoms with E-state index in [1.54, 1.807) is 6.07 Å². The summed E-state index contributed by atoms with van der Waals surface area (Å²) < 4.78 is 0.766. The van der Waals surface area contributed by atoms with Crippen molar-refractivity contribution in [2.24, 2.45) is 5.41 Å². The molecule has 0 spiro atoms. The van der Waals surface area contributed by atoms with Gasteiger partial charge in [0.05, 0.1) is 4.47 Å². The maximum atomic E-state index is 9.54. The average Bonchev–Trinajstić information content (AvgIpc) is 2.32. The molecule has 0 atom stereocenters. The zero-order chi connectivity index (χ0) is 14.0. The lowest BCUT2D eigenvalue weighted by Crippen LogP contribution is -2.48. The lowest BCUT2D eigenvalue weighted by atomic mass is 9.96. The molecule has 2 rings (SSSR count). The maximum Gasteiger partial charge on any atom is 0.129 e. The monoisotopic (exact) mass is 326 g/mol. The van der Waals surface area contributed by atoms with Gasteiger partial charge in [0.15, 0.2) is 0 Å². The zero-order valence-corrected chi connectivity index (χ0v) is 13.6. The Bertz CT molecular complexity index is 434. The molecule has 1 N–H and O–H groups in total. The molecule has 1 heterocycles. The van der Waals surface area contributed by atoms with E-state index in [1.807, 2.05) is 12.1 Å². The molecule has 0 aliphatic carbocycles. The Morgan fingerprint density at radius 3 is 2.32 bits per heavy atom. The fourth-order valence-corrected chi connectivity index (χ4v) is 2.89. The molecule has 1 saturated heterocycles. The van der Waals surface area contributed by atoms with Crippen molar-refractivity contribution >= 4 is 21.6 Å². The van der Waals surface area contributed by atoms with Crippen LogP contribution in [0, 0.1) is 5.41 Å². The van der Waals surface area contributed by atoms with Crippen LogP contribution in [0.15, 0.2) is 22.7 Å². The van der Waals surface area contributed by atoms with E-state index in [0.29, 0.717) is 11.2 Å². The number of phenolic OH excluding ortho intramolecular Hbond substituents is 1. The van der Waals surface area contributed by atoms with Crippen molar-refractivity contribution in [3.05, 3.63) is 22.7 Å². The van der Waals surface area contributed by atoms with Crippen LogP contribution in [0.2, 0.25) is 0 Å². The van der Waals surface area contributed by atoms with E-state index in [2.05, 4.69) is 46.5 Å². The summed E-state index contributed by atoms with van der Waals surface area (Å²) in [7, 11) is 0. The van der Waals surface area contributed by atoms with Crippen LogP contribution in [-0.2, 0) is 0 Å². The van der Waals surface area contributed by atoms with Gasteiger partial charge < -0.3 is 10.0 Å². The third kappa shape index (κ3) is 4.11. The molecule has 1 aliphatic heterocycles. The van der Waals surface area contributed by atoms with E-state index >= 15 is 0 Å². The van der Waals surface area contributed by atoms with E-state index in [1.165, 1.54) is 5.69 Å². The molecule has 1 aromatic rings. The molecule has 19 heavy (non-hydrogen) atoms. The Kier molecular flexibility index (Phi) is 4.41. The van der Waals surface area contributed by atoms with Gasteiger partial charge in [0.2, 0.25) is 0 Å². The topological polar surface area (TPSA) is 26.7 Å². The molecule has 4 heteroatoms. The summed E-state index contributed by atoms with van der Waals surface area (Å²) in [5.41, 5.74) is 1.55. The summed E-state index contributed by atoms with van der Waals surface area (Å²) in [6.45, 7) is 12.3. The summed E-state index contributed by atoms with van der Waals surface area (Å²) >= 11 is 3.38. The lowest BCUT2D eigenvalue weighted by Gasteiger charge is -2.38. The highest BCUT2D eigenvalue weighted by molar-refractivity contribution is 9.10. The second kappa shape index (κ2) is 5.71. The lowest BCUT2D eigenvalue weighted by molar-refractivity contribution is 0.182. The molecule has 1 aromatic carbocycles. The third-order valence-corrected chi connectivity index (χ3v) is 4.00. The van der Waals surface area contributed by atoms with Gasteiger partial charge in [-0.3, -0.25) is 4.90 Å². The summed E-state index contributed by atoms with van der Waals surface area (Å²) in [5, 5.41) is 9.54. The molecular weight excluding hydrogens is 304 g/mol. The van der Waals surface area contributed by atoms with Crippen molar-refractivity contribution in [1.29, 1.82) is 0 Å². The molecule has 0 radical (unpaired) electrons. The van der Waals surface area contributed by atoms with Gasteiger partial charge in [0.25, 0.3) is 0 Å². The smallest absolute Gasteiger partial charge is 0.129 e.